The molecular formula is C22H34ClN3O2. The van der Waals surface area contributed by atoms with E-state index in [-0.39, 0.29) is 42.2 Å². The molecule has 156 valence electrons. The van der Waals surface area contributed by atoms with Crippen molar-refractivity contribution in [3.05, 3.63) is 35.4 Å². The fourth-order valence-corrected chi connectivity index (χ4v) is 4.74. The van der Waals surface area contributed by atoms with Gasteiger partial charge in [0.1, 0.15) is 6.04 Å². The first kappa shape index (κ1) is 22.7. The zero-order chi connectivity index (χ0) is 19.6. The number of rotatable bonds is 5. The summed E-state index contributed by atoms with van der Waals surface area (Å²) in [5.74, 6) is 0.691. The highest BCUT2D eigenvalue weighted by molar-refractivity contribution is 5.97. The molecule has 0 radical (unpaired) electrons. The Morgan fingerprint density at radius 3 is 2.18 bits per heavy atom. The number of hydrogen-bond donors (Lipinski definition) is 3. The fourth-order valence-electron chi connectivity index (χ4n) is 4.74. The molecule has 3 rings (SSSR count). The molecule has 1 aromatic carbocycles. The van der Waals surface area contributed by atoms with E-state index in [1.165, 1.54) is 6.42 Å². The van der Waals surface area contributed by atoms with E-state index in [1.807, 2.05) is 32.9 Å². The minimum atomic E-state index is -0.532. The maximum Gasteiger partial charge on any atom is 0.251 e. The highest BCUT2D eigenvalue weighted by atomic mass is 35.5. The third-order valence-corrected chi connectivity index (χ3v) is 6.23. The van der Waals surface area contributed by atoms with Crippen LogP contribution in [0.15, 0.2) is 24.3 Å². The van der Waals surface area contributed by atoms with Crippen LogP contribution in [0.3, 0.4) is 0 Å². The molecule has 2 fully saturated rings. The number of fused-ring (bicyclic) bond motifs is 2. The molecule has 3 unspecified atom stereocenters. The molecule has 0 spiro atoms. The Hall–Kier alpha value is -1.59. The Morgan fingerprint density at radius 2 is 1.64 bits per heavy atom. The van der Waals surface area contributed by atoms with Crippen molar-refractivity contribution in [3.63, 3.8) is 0 Å². The number of carbonyl (C=O) groups excluding carboxylic acids is 2. The quantitative estimate of drug-likeness (QED) is 0.700. The average Bonchev–Trinajstić information content (AvgIpc) is 2.60. The highest BCUT2D eigenvalue weighted by Crippen LogP contribution is 2.39. The number of benzene rings is 1. The van der Waals surface area contributed by atoms with Gasteiger partial charge in [-0.15, -0.1) is 12.4 Å². The summed E-state index contributed by atoms with van der Waals surface area (Å²) in [5, 5.41) is 6.22. The fraction of sp³-hybridized carbons (Fsp3) is 0.636. The molecule has 1 aromatic rings. The number of hydrogen-bond acceptors (Lipinski definition) is 3. The molecular weight excluding hydrogens is 374 g/mol. The summed E-state index contributed by atoms with van der Waals surface area (Å²) < 4.78 is 0. The first-order valence-electron chi connectivity index (χ1n) is 10.3. The van der Waals surface area contributed by atoms with Gasteiger partial charge in [0.05, 0.1) is 0 Å². The molecule has 0 saturated heterocycles. The van der Waals surface area contributed by atoms with Crippen LogP contribution in [0.5, 0.6) is 0 Å². The smallest absolute Gasteiger partial charge is 0.251 e. The predicted molar refractivity (Wildman–Crippen MR) is 114 cm³/mol. The van der Waals surface area contributed by atoms with Crippen molar-refractivity contribution in [2.24, 2.45) is 23.5 Å². The molecule has 0 aromatic heterocycles. The van der Waals surface area contributed by atoms with Gasteiger partial charge in [0, 0.05) is 17.6 Å². The molecule has 0 aliphatic heterocycles. The van der Waals surface area contributed by atoms with Gasteiger partial charge in [0.25, 0.3) is 5.91 Å². The summed E-state index contributed by atoms with van der Waals surface area (Å²) in [5.41, 5.74) is 7.88. The van der Waals surface area contributed by atoms with E-state index in [4.69, 9.17) is 5.73 Å². The summed E-state index contributed by atoms with van der Waals surface area (Å²) in [4.78, 5) is 25.6. The lowest BCUT2D eigenvalue weighted by molar-refractivity contribution is -0.126. The zero-order valence-electron chi connectivity index (χ0n) is 17.1. The molecule has 4 N–H and O–H groups in total. The van der Waals surface area contributed by atoms with E-state index in [1.54, 1.807) is 12.1 Å². The Bertz CT molecular complexity index is 663. The van der Waals surface area contributed by atoms with Crippen LogP contribution in [-0.4, -0.2) is 29.9 Å². The maximum atomic E-state index is 13.0. The van der Waals surface area contributed by atoms with E-state index < -0.39 is 6.04 Å². The largest absolute Gasteiger partial charge is 0.351 e. The second kappa shape index (κ2) is 9.75. The molecule has 5 nitrogen and oxygen atoms in total. The van der Waals surface area contributed by atoms with Crippen LogP contribution in [0.25, 0.3) is 0 Å². The Kier molecular flexibility index (Phi) is 7.90. The molecule has 3 atom stereocenters. The lowest BCUT2D eigenvalue weighted by Gasteiger charge is -2.45. The Balaban J connectivity index is 0.00000280. The van der Waals surface area contributed by atoms with Gasteiger partial charge < -0.3 is 16.4 Å². The molecule has 2 aliphatic rings. The van der Waals surface area contributed by atoms with E-state index in [0.29, 0.717) is 17.4 Å². The van der Waals surface area contributed by atoms with E-state index >= 15 is 0 Å². The Labute approximate surface area is 174 Å². The summed E-state index contributed by atoms with van der Waals surface area (Å²) >= 11 is 0. The van der Waals surface area contributed by atoms with Gasteiger partial charge in [-0.1, -0.05) is 38.0 Å². The van der Waals surface area contributed by atoms with Gasteiger partial charge >= 0.3 is 0 Å². The number of carbonyl (C=O) groups is 2. The molecule has 2 saturated carbocycles. The van der Waals surface area contributed by atoms with Crippen LogP contribution >= 0.6 is 12.4 Å². The molecule has 2 bridgehead atoms. The van der Waals surface area contributed by atoms with Crippen LogP contribution in [0, 0.1) is 24.7 Å². The zero-order valence-corrected chi connectivity index (χ0v) is 17.9. The second-order valence-electron chi connectivity index (χ2n) is 8.78. The topological polar surface area (TPSA) is 84.2 Å². The Morgan fingerprint density at radius 1 is 1.07 bits per heavy atom. The van der Waals surface area contributed by atoms with Crippen LogP contribution in [0.2, 0.25) is 0 Å². The summed E-state index contributed by atoms with van der Waals surface area (Å²) in [6.45, 7) is 5.92. The monoisotopic (exact) mass is 407 g/mol. The van der Waals surface area contributed by atoms with E-state index in [9.17, 15) is 9.59 Å². The van der Waals surface area contributed by atoms with Crippen molar-refractivity contribution in [2.45, 2.75) is 71.0 Å². The number of amides is 2. The number of nitrogens with two attached hydrogens (primary N) is 1. The number of aryl methyl sites for hydroxylation is 1. The standard InChI is InChI=1S/C22H33N3O2.ClH/c1-13(2)19(24-21(26)15-9-7-14(3)8-10-15)22(27)25-20-16-5-4-6-17(20)12-18(23)11-16;/h7-10,13,16-20H,4-6,11-12,23H2,1-3H3,(H,24,26)(H,25,27);1H. The van der Waals surface area contributed by atoms with E-state index in [0.717, 1.165) is 31.2 Å². The highest BCUT2D eigenvalue weighted by Gasteiger charge is 2.41. The second-order valence-corrected chi connectivity index (χ2v) is 8.78. The van der Waals surface area contributed by atoms with Crippen LogP contribution in [-0.2, 0) is 4.79 Å². The first-order chi connectivity index (χ1) is 12.8. The van der Waals surface area contributed by atoms with Crippen molar-refractivity contribution >= 4 is 24.2 Å². The van der Waals surface area contributed by atoms with E-state index in [2.05, 4.69) is 10.6 Å². The van der Waals surface area contributed by atoms with Gasteiger partial charge in [0.15, 0.2) is 0 Å². The van der Waals surface area contributed by atoms with Gasteiger partial charge in [-0.25, -0.2) is 0 Å². The molecule has 6 heteroatoms. The van der Waals surface area contributed by atoms with Crippen LogP contribution in [0.1, 0.15) is 61.9 Å². The third kappa shape index (κ3) is 5.26. The number of nitrogens with one attached hydrogen (secondary N) is 2. The predicted octanol–water partition coefficient (Wildman–Crippen LogP) is 3.19. The van der Waals surface area contributed by atoms with Crippen molar-refractivity contribution in [1.29, 1.82) is 0 Å². The van der Waals surface area contributed by atoms with Crippen molar-refractivity contribution in [1.82, 2.24) is 10.6 Å². The first-order valence-corrected chi connectivity index (χ1v) is 10.3. The maximum absolute atomic E-state index is 13.0. The van der Waals surface area contributed by atoms with Crippen LogP contribution in [0.4, 0.5) is 0 Å². The van der Waals surface area contributed by atoms with Crippen LogP contribution < -0.4 is 16.4 Å². The van der Waals surface area contributed by atoms with Gasteiger partial charge in [0.2, 0.25) is 5.91 Å². The number of halogens is 1. The van der Waals surface area contributed by atoms with Crippen molar-refractivity contribution in [2.75, 3.05) is 0 Å². The third-order valence-electron chi connectivity index (χ3n) is 6.23. The normalized spacial score (nSPS) is 27.5. The summed E-state index contributed by atoms with van der Waals surface area (Å²) in [6.07, 6.45) is 5.48. The minimum absolute atomic E-state index is 0. The molecule has 28 heavy (non-hydrogen) atoms. The molecule has 0 heterocycles. The summed E-state index contributed by atoms with van der Waals surface area (Å²) in [6, 6.07) is 7.34. The summed E-state index contributed by atoms with van der Waals surface area (Å²) in [7, 11) is 0. The van der Waals surface area contributed by atoms with Crippen molar-refractivity contribution in [3.8, 4) is 0 Å². The minimum Gasteiger partial charge on any atom is -0.351 e. The van der Waals surface area contributed by atoms with Gasteiger partial charge in [-0.3, -0.25) is 9.59 Å². The van der Waals surface area contributed by atoms with Crippen molar-refractivity contribution < 1.29 is 9.59 Å². The average molecular weight is 408 g/mol. The molecule has 2 amide bonds. The lowest BCUT2D eigenvalue weighted by Crippen LogP contribution is -2.58. The SMILES string of the molecule is Cc1ccc(C(=O)NC(C(=O)NC2C3CCCC2CC(N)C3)C(C)C)cc1.Cl. The lowest BCUT2D eigenvalue weighted by atomic mass is 9.67. The molecule has 2 aliphatic carbocycles. The van der Waals surface area contributed by atoms with Gasteiger partial charge in [-0.2, -0.15) is 0 Å². The van der Waals surface area contributed by atoms with Gasteiger partial charge in [-0.05, 0) is 62.5 Å².